The van der Waals surface area contributed by atoms with Gasteiger partial charge in [0.25, 0.3) is 0 Å². The molecule has 0 aliphatic carbocycles. The number of likely N-dealkylation sites (N-methyl/N-ethyl adjacent to an activating group) is 1. The van der Waals surface area contributed by atoms with Gasteiger partial charge in [0.2, 0.25) is 0 Å². The highest BCUT2D eigenvalue weighted by molar-refractivity contribution is 7.09. The Bertz CT molecular complexity index is 337. The summed E-state index contributed by atoms with van der Waals surface area (Å²) < 4.78 is 0. The summed E-state index contributed by atoms with van der Waals surface area (Å²) in [5, 5.41) is 3.49. The minimum absolute atomic E-state index is 0.687. The van der Waals surface area contributed by atoms with Crippen LogP contribution in [0.15, 0.2) is 5.51 Å². The molecule has 2 atom stereocenters. The second kappa shape index (κ2) is 5.25. The van der Waals surface area contributed by atoms with Gasteiger partial charge >= 0.3 is 0 Å². The molecule has 4 heteroatoms. The fourth-order valence-corrected chi connectivity index (χ4v) is 3.31. The Kier molecular flexibility index (Phi) is 3.95. The highest BCUT2D eigenvalue weighted by Gasteiger charge is 2.28. The number of hydrogen-bond donors (Lipinski definition) is 1. The van der Waals surface area contributed by atoms with Crippen molar-refractivity contribution in [3.63, 3.8) is 0 Å². The molecule has 1 N–H and O–H groups in total. The lowest BCUT2D eigenvalue weighted by molar-refractivity contribution is 0.202. The van der Waals surface area contributed by atoms with Gasteiger partial charge in [-0.25, -0.2) is 4.98 Å². The molecule has 0 radical (unpaired) electrons. The number of aryl methyl sites for hydroxylation is 1. The maximum atomic E-state index is 4.31. The van der Waals surface area contributed by atoms with Crippen molar-refractivity contribution >= 4 is 11.3 Å². The summed E-state index contributed by atoms with van der Waals surface area (Å²) in [6.07, 6.45) is 1.27. The van der Waals surface area contributed by atoms with Gasteiger partial charge < -0.3 is 5.32 Å². The summed E-state index contributed by atoms with van der Waals surface area (Å²) in [5.74, 6) is 0.804. The molecule has 16 heavy (non-hydrogen) atoms. The third kappa shape index (κ3) is 2.44. The van der Waals surface area contributed by atoms with Crippen LogP contribution in [-0.4, -0.2) is 36.1 Å². The molecule has 0 bridgehead atoms. The summed E-state index contributed by atoms with van der Waals surface area (Å²) in [6, 6.07) is 0.687. The SMILES string of the molecule is CCC1CNCC1N(C)Cc1scnc1C. The maximum Gasteiger partial charge on any atom is 0.0798 e. The predicted molar refractivity (Wildman–Crippen MR) is 68.8 cm³/mol. The first-order valence-electron chi connectivity index (χ1n) is 6.02. The summed E-state index contributed by atoms with van der Waals surface area (Å²) in [4.78, 5) is 8.20. The van der Waals surface area contributed by atoms with Crippen LogP contribution in [-0.2, 0) is 6.54 Å². The van der Waals surface area contributed by atoms with Crippen molar-refractivity contribution < 1.29 is 0 Å². The molecule has 2 unspecified atom stereocenters. The van der Waals surface area contributed by atoms with Crippen LogP contribution in [0.2, 0.25) is 0 Å². The van der Waals surface area contributed by atoms with Crippen LogP contribution in [0.25, 0.3) is 0 Å². The minimum Gasteiger partial charge on any atom is -0.315 e. The summed E-state index contributed by atoms with van der Waals surface area (Å²) in [5.41, 5.74) is 3.14. The number of nitrogens with one attached hydrogen (secondary N) is 1. The molecule has 2 heterocycles. The average molecular weight is 239 g/mol. The molecular formula is C12H21N3S. The van der Waals surface area contributed by atoms with E-state index in [1.54, 1.807) is 11.3 Å². The smallest absolute Gasteiger partial charge is 0.0798 e. The van der Waals surface area contributed by atoms with E-state index in [9.17, 15) is 0 Å². The summed E-state index contributed by atoms with van der Waals surface area (Å²) >= 11 is 1.77. The zero-order valence-corrected chi connectivity index (χ0v) is 11.2. The molecule has 1 aromatic rings. The highest BCUT2D eigenvalue weighted by Crippen LogP contribution is 2.22. The Morgan fingerprint density at radius 2 is 2.38 bits per heavy atom. The largest absolute Gasteiger partial charge is 0.315 e. The maximum absolute atomic E-state index is 4.31. The van der Waals surface area contributed by atoms with Gasteiger partial charge in [-0.3, -0.25) is 4.90 Å². The van der Waals surface area contributed by atoms with Crippen molar-refractivity contribution in [1.29, 1.82) is 0 Å². The fraction of sp³-hybridized carbons (Fsp3) is 0.750. The van der Waals surface area contributed by atoms with E-state index in [0.717, 1.165) is 19.0 Å². The fourth-order valence-electron chi connectivity index (χ4n) is 2.47. The van der Waals surface area contributed by atoms with Crippen molar-refractivity contribution in [2.24, 2.45) is 5.92 Å². The van der Waals surface area contributed by atoms with E-state index in [0.29, 0.717) is 6.04 Å². The predicted octanol–water partition coefficient (Wildman–Crippen LogP) is 1.88. The number of rotatable bonds is 4. The molecular weight excluding hydrogens is 218 g/mol. The monoisotopic (exact) mass is 239 g/mol. The van der Waals surface area contributed by atoms with Gasteiger partial charge in [0.15, 0.2) is 0 Å². The first-order valence-corrected chi connectivity index (χ1v) is 6.90. The Hall–Kier alpha value is -0.450. The van der Waals surface area contributed by atoms with Gasteiger partial charge in [-0.2, -0.15) is 0 Å². The topological polar surface area (TPSA) is 28.2 Å². The second-order valence-electron chi connectivity index (χ2n) is 4.67. The first kappa shape index (κ1) is 12.0. The van der Waals surface area contributed by atoms with E-state index in [1.807, 2.05) is 5.51 Å². The third-order valence-corrected chi connectivity index (χ3v) is 4.55. The lowest BCUT2D eigenvalue weighted by atomic mass is 10.00. The highest BCUT2D eigenvalue weighted by atomic mass is 32.1. The van der Waals surface area contributed by atoms with Crippen LogP contribution in [0.3, 0.4) is 0 Å². The normalized spacial score (nSPS) is 25.5. The standard InChI is InChI=1S/C12H21N3S/c1-4-10-5-13-6-11(10)15(3)7-12-9(2)14-8-16-12/h8,10-11,13H,4-7H2,1-3H3. The third-order valence-electron chi connectivity index (χ3n) is 3.63. The Morgan fingerprint density at radius 3 is 3.00 bits per heavy atom. The van der Waals surface area contributed by atoms with Crippen molar-refractivity contribution in [3.8, 4) is 0 Å². The molecule has 0 amide bonds. The molecule has 0 saturated carbocycles. The Balaban J connectivity index is 1.97. The van der Waals surface area contributed by atoms with Crippen molar-refractivity contribution in [1.82, 2.24) is 15.2 Å². The summed E-state index contributed by atoms with van der Waals surface area (Å²) in [6.45, 7) is 7.74. The molecule has 0 aromatic carbocycles. The molecule has 3 nitrogen and oxygen atoms in total. The van der Waals surface area contributed by atoms with Gasteiger partial charge in [-0.1, -0.05) is 13.3 Å². The van der Waals surface area contributed by atoms with Crippen LogP contribution < -0.4 is 5.32 Å². The number of hydrogen-bond acceptors (Lipinski definition) is 4. The molecule has 0 spiro atoms. The Morgan fingerprint density at radius 1 is 1.56 bits per heavy atom. The van der Waals surface area contributed by atoms with Crippen LogP contribution >= 0.6 is 11.3 Å². The van der Waals surface area contributed by atoms with Crippen LogP contribution in [0.4, 0.5) is 0 Å². The quantitative estimate of drug-likeness (QED) is 0.869. The van der Waals surface area contributed by atoms with Gasteiger partial charge in [-0.15, -0.1) is 11.3 Å². The van der Waals surface area contributed by atoms with E-state index in [1.165, 1.54) is 23.5 Å². The molecule has 1 aliphatic rings. The van der Waals surface area contributed by atoms with Crippen molar-refractivity contribution in [2.75, 3.05) is 20.1 Å². The van der Waals surface area contributed by atoms with Gasteiger partial charge in [-0.05, 0) is 26.4 Å². The zero-order chi connectivity index (χ0) is 11.5. The molecule has 1 saturated heterocycles. The molecule has 1 aromatic heterocycles. The zero-order valence-electron chi connectivity index (χ0n) is 10.4. The summed E-state index contributed by atoms with van der Waals surface area (Å²) in [7, 11) is 2.24. The Labute approximate surface area is 102 Å². The van der Waals surface area contributed by atoms with E-state index in [-0.39, 0.29) is 0 Å². The molecule has 1 aliphatic heterocycles. The molecule has 90 valence electrons. The van der Waals surface area contributed by atoms with Crippen molar-refractivity contribution in [3.05, 3.63) is 16.1 Å². The first-order chi connectivity index (χ1) is 7.72. The number of aromatic nitrogens is 1. The van der Waals surface area contributed by atoms with Crippen molar-refractivity contribution in [2.45, 2.75) is 32.9 Å². The van der Waals surface area contributed by atoms with Gasteiger partial charge in [0, 0.05) is 24.0 Å². The second-order valence-corrected chi connectivity index (χ2v) is 5.61. The average Bonchev–Trinajstić information content (AvgIpc) is 2.87. The number of nitrogens with zero attached hydrogens (tertiary/aromatic N) is 2. The minimum atomic E-state index is 0.687. The molecule has 2 rings (SSSR count). The lowest BCUT2D eigenvalue weighted by Gasteiger charge is -2.28. The van der Waals surface area contributed by atoms with E-state index < -0.39 is 0 Å². The van der Waals surface area contributed by atoms with E-state index in [2.05, 4.69) is 36.1 Å². The lowest BCUT2D eigenvalue weighted by Crippen LogP contribution is -2.37. The van der Waals surface area contributed by atoms with Gasteiger partial charge in [0.1, 0.15) is 0 Å². The van der Waals surface area contributed by atoms with E-state index >= 15 is 0 Å². The van der Waals surface area contributed by atoms with Gasteiger partial charge in [0.05, 0.1) is 11.2 Å². The van der Waals surface area contributed by atoms with Crippen LogP contribution in [0.1, 0.15) is 23.9 Å². The van der Waals surface area contributed by atoms with E-state index in [4.69, 9.17) is 0 Å². The van der Waals surface area contributed by atoms with Crippen LogP contribution in [0.5, 0.6) is 0 Å². The molecule has 1 fully saturated rings. The van der Waals surface area contributed by atoms with Crippen LogP contribution in [0, 0.1) is 12.8 Å². The number of thiazole rings is 1.